The van der Waals surface area contributed by atoms with Crippen molar-refractivity contribution < 1.29 is 26.7 Å². The fourth-order valence-corrected chi connectivity index (χ4v) is 2.88. The van der Waals surface area contributed by atoms with Gasteiger partial charge in [0.15, 0.2) is 0 Å². The summed E-state index contributed by atoms with van der Waals surface area (Å²) in [5.41, 5.74) is 1.51. The number of hydroxylamine groups is 2. The molecule has 1 unspecified atom stereocenters. The topological polar surface area (TPSA) is 85.3 Å². The third kappa shape index (κ3) is 3.76. The molecule has 7 nitrogen and oxygen atoms in total. The van der Waals surface area contributed by atoms with E-state index in [1.807, 2.05) is 39.0 Å². The first-order chi connectivity index (χ1) is 10.1. The van der Waals surface area contributed by atoms with Crippen LogP contribution >= 0.6 is 0 Å². The lowest BCUT2D eigenvalue weighted by molar-refractivity contribution is -0.0981. The summed E-state index contributed by atoms with van der Waals surface area (Å²) in [5, 5.41) is 1.04. The number of ether oxygens (including phenoxy) is 2. The molecule has 1 aromatic rings. The quantitative estimate of drug-likeness (QED) is 0.629. The lowest BCUT2D eigenvalue weighted by Gasteiger charge is -2.25. The van der Waals surface area contributed by atoms with E-state index in [1.54, 1.807) is 0 Å². The van der Waals surface area contributed by atoms with E-state index in [-0.39, 0.29) is 18.2 Å². The van der Waals surface area contributed by atoms with Crippen LogP contribution in [0.3, 0.4) is 0 Å². The largest absolute Gasteiger partial charge is 0.464 e. The Morgan fingerprint density at radius 1 is 1.41 bits per heavy atom. The van der Waals surface area contributed by atoms with Gasteiger partial charge in [0.1, 0.15) is 5.75 Å². The maximum atomic E-state index is 10.7. The highest BCUT2D eigenvalue weighted by atomic mass is 32.3. The number of nitrogens with zero attached hydrogens (tertiary/aromatic N) is 1. The fourth-order valence-electron chi connectivity index (χ4n) is 2.51. The van der Waals surface area contributed by atoms with Gasteiger partial charge in [-0.2, -0.15) is 17.8 Å². The minimum atomic E-state index is -4.51. The van der Waals surface area contributed by atoms with Crippen LogP contribution in [-0.4, -0.2) is 38.0 Å². The van der Waals surface area contributed by atoms with Crippen LogP contribution in [-0.2, 0) is 31.4 Å². The summed E-state index contributed by atoms with van der Waals surface area (Å²) in [6.07, 6.45) is -0.352. The van der Waals surface area contributed by atoms with E-state index < -0.39 is 10.4 Å². The second-order valence-electron chi connectivity index (χ2n) is 5.75. The van der Waals surface area contributed by atoms with Crippen LogP contribution in [0.2, 0.25) is 0 Å². The van der Waals surface area contributed by atoms with Crippen LogP contribution in [0.25, 0.3) is 0 Å². The summed E-state index contributed by atoms with van der Waals surface area (Å²) in [7, 11) is -3.09. The molecule has 8 heteroatoms. The van der Waals surface area contributed by atoms with Gasteiger partial charge in [0.25, 0.3) is 0 Å². The Hall–Kier alpha value is -1.19. The Labute approximate surface area is 130 Å². The molecule has 22 heavy (non-hydrogen) atoms. The van der Waals surface area contributed by atoms with Crippen molar-refractivity contribution in [2.24, 2.45) is 0 Å². The van der Waals surface area contributed by atoms with Crippen LogP contribution in [0.5, 0.6) is 5.75 Å². The van der Waals surface area contributed by atoms with Crippen LogP contribution in [0, 0.1) is 0 Å². The van der Waals surface area contributed by atoms with Crippen molar-refractivity contribution in [2.75, 3.05) is 13.7 Å². The van der Waals surface area contributed by atoms with Crippen molar-refractivity contribution in [3.05, 3.63) is 29.3 Å². The standard InChI is InChI=1S/C14H21NO6S/c1-5-19-13-14(2,3)11-8-10(6-7-12(11)20-13)9-15(4)21-22(16,17)18/h6-8,13H,5,9H2,1-4H3,(H,16,17,18). The predicted molar refractivity (Wildman–Crippen MR) is 79.6 cm³/mol. The van der Waals surface area contributed by atoms with Crippen LogP contribution < -0.4 is 4.74 Å². The summed E-state index contributed by atoms with van der Waals surface area (Å²) < 4.78 is 45.8. The van der Waals surface area contributed by atoms with Crippen LogP contribution in [0.15, 0.2) is 18.2 Å². The minimum Gasteiger partial charge on any atom is -0.464 e. The number of rotatable bonds is 6. The van der Waals surface area contributed by atoms with Gasteiger partial charge in [-0.1, -0.05) is 6.07 Å². The molecular weight excluding hydrogens is 310 g/mol. The zero-order valence-corrected chi connectivity index (χ0v) is 13.9. The molecule has 0 saturated heterocycles. The van der Waals surface area contributed by atoms with E-state index in [2.05, 4.69) is 4.28 Å². The average Bonchev–Trinajstić information content (AvgIpc) is 2.60. The first-order valence-corrected chi connectivity index (χ1v) is 8.30. The van der Waals surface area contributed by atoms with Gasteiger partial charge in [0.2, 0.25) is 6.29 Å². The molecule has 0 spiro atoms. The summed E-state index contributed by atoms with van der Waals surface area (Å²) in [4.78, 5) is 0. The zero-order chi connectivity index (χ0) is 16.5. The minimum absolute atomic E-state index is 0.197. The van der Waals surface area contributed by atoms with Gasteiger partial charge < -0.3 is 9.47 Å². The normalized spacial score (nSPS) is 20.0. The third-order valence-corrected chi connectivity index (χ3v) is 3.95. The monoisotopic (exact) mass is 331 g/mol. The van der Waals surface area contributed by atoms with Gasteiger partial charge in [-0.3, -0.25) is 4.55 Å². The van der Waals surface area contributed by atoms with Crippen molar-refractivity contribution in [2.45, 2.75) is 39.0 Å². The molecule has 0 fully saturated rings. The first-order valence-electron chi connectivity index (χ1n) is 6.93. The van der Waals surface area contributed by atoms with E-state index >= 15 is 0 Å². The molecule has 1 N–H and O–H groups in total. The van der Waals surface area contributed by atoms with Gasteiger partial charge in [-0.15, -0.1) is 0 Å². The molecule has 0 bridgehead atoms. The molecule has 1 aromatic carbocycles. The van der Waals surface area contributed by atoms with Gasteiger partial charge in [0.05, 0.1) is 12.0 Å². The van der Waals surface area contributed by atoms with E-state index in [9.17, 15) is 8.42 Å². The lowest BCUT2D eigenvalue weighted by atomic mass is 9.84. The molecule has 1 atom stereocenters. The van der Waals surface area contributed by atoms with Crippen molar-refractivity contribution in [3.63, 3.8) is 0 Å². The predicted octanol–water partition coefficient (Wildman–Crippen LogP) is 1.89. The van der Waals surface area contributed by atoms with Gasteiger partial charge >= 0.3 is 10.4 Å². The Morgan fingerprint density at radius 3 is 2.68 bits per heavy atom. The molecule has 0 radical (unpaired) electrons. The highest BCUT2D eigenvalue weighted by molar-refractivity contribution is 7.80. The Morgan fingerprint density at radius 2 is 2.09 bits per heavy atom. The SMILES string of the molecule is CCOC1Oc2ccc(CN(C)OS(=O)(=O)O)cc2C1(C)C. The van der Waals surface area contributed by atoms with Crippen LogP contribution in [0.4, 0.5) is 0 Å². The fraction of sp³-hybridized carbons (Fsp3) is 0.571. The maximum absolute atomic E-state index is 10.7. The summed E-state index contributed by atoms with van der Waals surface area (Å²) in [5.74, 6) is 0.755. The molecule has 124 valence electrons. The van der Waals surface area contributed by atoms with E-state index in [0.717, 1.165) is 21.9 Å². The Bertz CT molecular complexity index is 643. The van der Waals surface area contributed by atoms with Crippen molar-refractivity contribution in [1.29, 1.82) is 0 Å². The molecule has 2 rings (SSSR count). The van der Waals surface area contributed by atoms with Crippen molar-refractivity contribution in [1.82, 2.24) is 5.06 Å². The molecule has 0 aromatic heterocycles. The van der Waals surface area contributed by atoms with Gasteiger partial charge in [-0.05, 0) is 38.5 Å². The molecule has 1 aliphatic rings. The average molecular weight is 331 g/mol. The Balaban J connectivity index is 2.18. The molecule has 1 heterocycles. The lowest BCUT2D eigenvalue weighted by Crippen LogP contribution is -2.34. The molecular formula is C14H21NO6S. The number of hydrogen-bond donors (Lipinski definition) is 1. The smallest absolute Gasteiger partial charge is 0.413 e. The second-order valence-corrected chi connectivity index (χ2v) is 6.75. The number of fused-ring (bicyclic) bond motifs is 1. The highest BCUT2D eigenvalue weighted by Crippen LogP contribution is 2.43. The molecule has 0 saturated carbocycles. The third-order valence-electron chi connectivity index (χ3n) is 3.51. The molecule has 0 amide bonds. The van der Waals surface area contributed by atoms with Gasteiger partial charge in [-0.25, -0.2) is 0 Å². The maximum Gasteiger partial charge on any atom is 0.413 e. The van der Waals surface area contributed by atoms with Crippen molar-refractivity contribution >= 4 is 10.4 Å². The zero-order valence-electron chi connectivity index (χ0n) is 13.1. The second kappa shape index (κ2) is 6.13. The number of benzene rings is 1. The molecule has 0 aliphatic carbocycles. The first kappa shape index (κ1) is 17.2. The Kier molecular flexibility index (Phi) is 4.78. The van der Waals surface area contributed by atoms with Gasteiger partial charge in [0, 0.05) is 19.2 Å². The highest BCUT2D eigenvalue weighted by Gasteiger charge is 2.42. The summed E-state index contributed by atoms with van der Waals surface area (Å²) in [6.45, 7) is 6.72. The molecule has 1 aliphatic heterocycles. The van der Waals surface area contributed by atoms with E-state index in [4.69, 9.17) is 14.0 Å². The summed E-state index contributed by atoms with van der Waals surface area (Å²) >= 11 is 0. The van der Waals surface area contributed by atoms with E-state index in [0.29, 0.717) is 6.61 Å². The van der Waals surface area contributed by atoms with E-state index in [1.165, 1.54) is 7.05 Å². The number of hydrogen-bond acceptors (Lipinski definition) is 6. The summed E-state index contributed by atoms with van der Waals surface area (Å²) in [6, 6.07) is 5.57. The van der Waals surface area contributed by atoms with Crippen molar-refractivity contribution in [3.8, 4) is 5.75 Å². The van der Waals surface area contributed by atoms with Crippen LogP contribution in [0.1, 0.15) is 31.9 Å².